The van der Waals surface area contributed by atoms with Gasteiger partial charge >= 0.3 is 0 Å². The van der Waals surface area contributed by atoms with Crippen molar-refractivity contribution in [3.05, 3.63) is 29.0 Å². The SMILES string of the molecule is CCCn1cc(N)cc1C(=O)Nc1ncc(C)s1. The van der Waals surface area contributed by atoms with Gasteiger partial charge in [0.2, 0.25) is 0 Å². The summed E-state index contributed by atoms with van der Waals surface area (Å²) in [5.41, 5.74) is 6.90. The van der Waals surface area contributed by atoms with Gasteiger partial charge in [-0.15, -0.1) is 11.3 Å². The van der Waals surface area contributed by atoms with E-state index in [1.165, 1.54) is 11.3 Å². The molecule has 3 N–H and O–H groups in total. The van der Waals surface area contributed by atoms with Gasteiger partial charge in [-0.3, -0.25) is 10.1 Å². The normalized spacial score (nSPS) is 10.6. The van der Waals surface area contributed by atoms with E-state index in [1.807, 2.05) is 11.5 Å². The average molecular weight is 264 g/mol. The number of carbonyl (C=O) groups is 1. The maximum absolute atomic E-state index is 12.1. The number of nitrogens with zero attached hydrogens (tertiary/aromatic N) is 2. The first-order chi connectivity index (χ1) is 8.60. The van der Waals surface area contributed by atoms with Crippen LogP contribution in [0.4, 0.5) is 10.8 Å². The first-order valence-electron chi connectivity index (χ1n) is 5.79. The van der Waals surface area contributed by atoms with Crippen molar-refractivity contribution in [3.8, 4) is 0 Å². The minimum atomic E-state index is -0.172. The first-order valence-corrected chi connectivity index (χ1v) is 6.61. The van der Waals surface area contributed by atoms with Gasteiger partial charge in [0.1, 0.15) is 5.69 Å². The molecule has 0 radical (unpaired) electrons. The fraction of sp³-hybridized carbons (Fsp3) is 0.333. The number of hydrogen-bond donors (Lipinski definition) is 2. The summed E-state index contributed by atoms with van der Waals surface area (Å²) >= 11 is 1.45. The summed E-state index contributed by atoms with van der Waals surface area (Å²) in [5, 5.41) is 3.39. The quantitative estimate of drug-likeness (QED) is 0.891. The lowest BCUT2D eigenvalue weighted by Gasteiger charge is -2.06. The van der Waals surface area contributed by atoms with Crippen LogP contribution in [0.3, 0.4) is 0 Å². The molecule has 2 rings (SSSR count). The maximum atomic E-state index is 12.1. The Morgan fingerprint density at radius 1 is 1.61 bits per heavy atom. The van der Waals surface area contributed by atoms with Crippen molar-refractivity contribution in [1.82, 2.24) is 9.55 Å². The molecule has 96 valence electrons. The van der Waals surface area contributed by atoms with Gasteiger partial charge in [-0.25, -0.2) is 4.98 Å². The van der Waals surface area contributed by atoms with E-state index >= 15 is 0 Å². The Balaban J connectivity index is 2.17. The van der Waals surface area contributed by atoms with Crippen LogP contribution < -0.4 is 11.1 Å². The number of anilines is 2. The predicted octanol–water partition coefficient (Wildman–Crippen LogP) is 2.50. The van der Waals surface area contributed by atoms with Crippen molar-refractivity contribution < 1.29 is 4.79 Å². The van der Waals surface area contributed by atoms with Crippen molar-refractivity contribution in [3.63, 3.8) is 0 Å². The number of amides is 1. The summed E-state index contributed by atoms with van der Waals surface area (Å²) in [6.45, 7) is 4.78. The Morgan fingerprint density at radius 3 is 3.00 bits per heavy atom. The zero-order valence-corrected chi connectivity index (χ0v) is 11.3. The maximum Gasteiger partial charge on any atom is 0.274 e. The Kier molecular flexibility index (Phi) is 3.66. The van der Waals surface area contributed by atoms with Gasteiger partial charge in [-0.2, -0.15) is 0 Å². The molecular formula is C12H16N4OS. The highest BCUT2D eigenvalue weighted by Gasteiger charge is 2.13. The first kappa shape index (κ1) is 12.6. The van der Waals surface area contributed by atoms with Gasteiger partial charge < -0.3 is 10.3 Å². The van der Waals surface area contributed by atoms with Crippen molar-refractivity contribution in [2.45, 2.75) is 26.8 Å². The van der Waals surface area contributed by atoms with Crippen LogP contribution in [-0.2, 0) is 6.54 Å². The molecule has 0 aliphatic carbocycles. The van der Waals surface area contributed by atoms with Crippen LogP contribution in [0.15, 0.2) is 18.5 Å². The van der Waals surface area contributed by atoms with Gasteiger partial charge in [-0.1, -0.05) is 6.92 Å². The standard InChI is InChI=1S/C12H16N4OS/c1-3-4-16-7-9(13)5-10(16)11(17)15-12-14-6-8(2)18-12/h5-7H,3-4,13H2,1-2H3,(H,14,15,17). The molecule has 2 aromatic heterocycles. The lowest BCUT2D eigenvalue weighted by Crippen LogP contribution is -2.16. The van der Waals surface area contributed by atoms with Crippen LogP contribution in [0.25, 0.3) is 0 Å². The lowest BCUT2D eigenvalue weighted by molar-refractivity contribution is 0.101. The van der Waals surface area contributed by atoms with Crippen molar-refractivity contribution in [2.75, 3.05) is 11.1 Å². The van der Waals surface area contributed by atoms with Crippen LogP contribution in [0, 0.1) is 6.92 Å². The second-order valence-corrected chi connectivity index (χ2v) is 5.32. The van der Waals surface area contributed by atoms with Crippen molar-refractivity contribution in [2.24, 2.45) is 0 Å². The summed E-state index contributed by atoms with van der Waals surface area (Å²) in [4.78, 5) is 17.3. The molecular weight excluding hydrogens is 248 g/mol. The van der Waals surface area contributed by atoms with E-state index in [-0.39, 0.29) is 5.91 Å². The smallest absolute Gasteiger partial charge is 0.274 e. The number of nitrogen functional groups attached to an aromatic ring is 1. The number of nitrogens with two attached hydrogens (primary N) is 1. The molecule has 0 fully saturated rings. The lowest BCUT2D eigenvalue weighted by atomic mass is 10.3. The highest BCUT2D eigenvalue weighted by Crippen LogP contribution is 2.19. The molecule has 0 atom stereocenters. The molecule has 0 saturated heterocycles. The Bertz CT molecular complexity index is 558. The van der Waals surface area contributed by atoms with E-state index in [4.69, 9.17) is 5.73 Å². The van der Waals surface area contributed by atoms with E-state index < -0.39 is 0 Å². The molecule has 2 heterocycles. The van der Waals surface area contributed by atoms with Crippen LogP contribution >= 0.6 is 11.3 Å². The fourth-order valence-corrected chi connectivity index (χ4v) is 2.38. The molecule has 2 aromatic rings. The largest absolute Gasteiger partial charge is 0.397 e. The van der Waals surface area contributed by atoms with E-state index in [0.717, 1.165) is 17.8 Å². The monoisotopic (exact) mass is 264 g/mol. The Labute approximate surface area is 110 Å². The summed E-state index contributed by atoms with van der Waals surface area (Å²) < 4.78 is 1.87. The fourth-order valence-electron chi connectivity index (χ4n) is 1.72. The average Bonchev–Trinajstić information content (AvgIpc) is 2.86. The van der Waals surface area contributed by atoms with E-state index in [0.29, 0.717) is 16.5 Å². The van der Waals surface area contributed by atoms with E-state index in [1.54, 1.807) is 18.5 Å². The molecule has 0 aliphatic rings. The molecule has 0 unspecified atom stereocenters. The number of nitrogens with one attached hydrogen (secondary N) is 1. The molecule has 5 nitrogen and oxygen atoms in total. The number of rotatable bonds is 4. The third-order valence-corrected chi connectivity index (χ3v) is 3.28. The van der Waals surface area contributed by atoms with Crippen molar-refractivity contribution in [1.29, 1.82) is 0 Å². The Hall–Kier alpha value is -1.82. The molecule has 0 saturated carbocycles. The molecule has 0 aromatic carbocycles. The summed E-state index contributed by atoms with van der Waals surface area (Å²) in [6.07, 6.45) is 4.47. The molecule has 0 spiro atoms. The van der Waals surface area contributed by atoms with Gasteiger partial charge in [0.15, 0.2) is 5.13 Å². The summed E-state index contributed by atoms with van der Waals surface area (Å²) in [7, 11) is 0. The topological polar surface area (TPSA) is 72.9 Å². The summed E-state index contributed by atoms with van der Waals surface area (Å²) in [6, 6.07) is 1.69. The van der Waals surface area contributed by atoms with Crippen molar-refractivity contribution >= 4 is 28.1 Å². The van der Waals surface area contributed by atoms with E-state index in [2.05, 4.69) is 17.2 Å². The van der Waals surface area contributed by atoms with Gasteiger partial charge in [-0.05, 0) is 19.4 Å². The highest BCUT2D eigenvalue weighted by atomic mass is 32.1. The van der Waals surface area contributed by atoms with Gasteiger partial charge in [0, 0.05) is 23.8 Å². The van der Waals surface area contributed by atoms with E-state index in [9.17, 15) is 4.79 Å². The number of hydrogen-bond acceptors (Lipinski definition) is 4. The minimum Gasteiger partial charge on any atom is -0.397 e. The van der Waals surface area contributed by atoms with Gasteiger partial charge in [0.05, 0.1) is 5.69 Å². The molecule has 18 heavy (non-hydrogen) atoms. The summed E-state index contributed by atoms with van der Waals surface area (Å²) in [5.74, 6) is -0.172. The van der Waals surface area contributed by atoms with Crippen LogP contribution in [0.1, 0.15) is 28.7 Å². The van der Waals surface area contributed by atoms with Crippen LogP contribution in [-0.4, -0.2) is 15.5 Å². The van der Waals surface area contributed by atoms with Gasteiger partial charge in [0.25, 0.3) is 5.91 Å². The second kappa shape index (κ2) is 5.22. The predicted molar refractivity (Wildman–Crippen MR) is 73.9 cm³/mol. The number of aromatic nitrogens is 2. The highest BCUT2D eigenvalue weighted by molar-refractivity contribution is 7.15. The number of carbonyl (C=O) groups excluding carboxylic acids is 1. The zero-order valence-electron chi connectivity index (χ0n) is 10.4. The molecule has 6 heteroatoms. The minimum absolute atomic E-state index is 0.172. The van der Waals surface area contributed by atoms with Crippen LogP contribution in [0.5, 0.6) is 0 Å². The number of aryl methyl sites for hydroxylation is 2. The molecule has 1 amide bonds. The molecule has 0 bridgehead atoms. The Morgan fingerprint density at radius 2 is 2.39 bits per heavy atom. The second-order valence-electron chi connectivity index (χ2n) is 4.08. The third kappa shape index (κ3) is 2.70. The zero-order chi connectivity index (χ0) is 13.1. The van der Waals surface area contributed by atoms with Crippen LogP contribution in [0.2, 0.25) is 0 Å². The number of thiazole rings is 1. The molecule has 0 aliphatic heterocycles. The third-order valence-electron chi connectivity index (χ3n) is 2.46.